The SMILES string of the molecule is CCN(CC)CCNc1cc(C)c(N)cn1. The molecule has 0 bridgehead atoms. The van der Waals surface area contributed by atoms with Gasteiger partial charge in [0.05, 0.1) is 11.9 Å². The van der Waals surface area contributed by atoms with E-state index >= 15 is 0 Å². The number of anilines is 2. The molecule has 1 heterocycles. The predicted octanol–water partition coefficient (Wildman–Crippen LogP) is 1.73. The van der Waals surface area contributed by atoms with Gasteiger partial charge in [0.25, 0.3) is 0 Å². The van der Waals surface area contributed by atoms with Gasteiger partial charge in [-0.15, -0.1) is 0 Å². The molecule has 0 unspecified atom stereocenters. The van der Waals surface area contributed by atoms with Gasteiger partial charge < -0.3 is 16.0 Å². The van der Waals surface area contributed by atoms with Crippen molar-refractivity contribution < 1.29 is 0 Å². The van der Waals surface area contributed by atoms with Crippen LogP contribution in [0.2, 0.25) is 0 Å². The smallest absolute Gasteiger partial charge is 0.126 e. The fourth-order valence-electron chi connectivity index (χ4n) is 1.55. The van der Waals surface area contributed by atoms with Crippen molar-refractivity contribution in [1.82, 2.24) is 9.88 Å². The number of nitrogen functional groups attached to an aromatic ring is 1. The van der Waals surface area contributed by atoms with Gasteiger partial charge in [-0.25, -0.2) is 4.98 Å². The Morgan fingerprint density at radius 1 is 1.38 bits per heavy atom. The summed E-state index contributed by atoms with van der Waals surface area (Å²) in [6.07, 6.45) is 1.70. The molecular weight excluding hydrogens is 200 g/mol. The summed E-state index contributed by atoms with van der Waals surface area (Å²) < 4.78 is 0. The highest BCUT2D eigenvalue weighted by Crippen LogP contribution is 2.12. The topological polar surface area (TPSA) is 54.2 Å². The molecule has 0 saturated heterocycles. The lowest BCUT2D eigenvalue weighted by Crippen LogP contribution is -2.28. The van der Waals surface area contributed by atoms with Crippen molar-refractivity contribution in [2.75, 3.05) is 37.2 Å². The van der Waals surface area contributed by atoms with Gasteiger partial charge in [-0.2, -0.15) is 0 Å². The minimum absolute atomic E-state index is 0.745. The molecule has 1 aromatic rings. The lowest BCUT2D eigenvalue weighted by Gasteiger charge is -2.18. The average Bonchev–Trinajstić information content (AvgIpc) is 2.29. The zero-order valence-corrected chi connectivity index (χ0v) is 10.5. The van der Waals surface area contributed by atoms with Crippen LogP contribution in [0.25, 0.3) is 0 Å². The molecule has 3 N–H and O–H groups in total. The van der Waals surface area contributed by atoms with E-state index in [2.05, 4.69) is 29.0 Å². The molecule has 4 heteroatoms. The maximum Gasteiger partial charge on any atom is 0.126 e. The Kier molecular flexibility index (Phi) is 5.05. The molecule has 0 amide bonds. The van der Waals surface area contributed by atoms with Crippen LogP contribution < -0.4 is 11.1 Å². The Morgan fingerprint density at radius 3 is 2.62 bits per heavy atom. The molecule has 0 fully saturated rings. The van der Waals surface area contributed by atoms with Gasteiger partial charge in [0.15, 0.2) is 0 Å². The van der Waals surface area contributed by atoms with Crippen molar-refractivity contribution in [2.45, 2.75) is 20.8 Å². The monoisotopic (exact) mass is 222 g/mol. The van der Waals surface area contributed by atoms with E-state index in [1.165, 1.54) is 0 Å². The highest BCUT2D eigenvalue weighted by molar-refractivity contribution is 5.50. The van der Waals surface area contributed by atoms with Crippen LogP contribution in [0.5, 0.6) is 0 Å². The second-order valence-corrected chi connectivity index (χ2v) is 3.88. The summed E-state index contributed by atoms with van der Waals surface area (Å²) in [6.45, 7) is 10.5. The molecule has 4 nitrogen and oxygen atoms in total. The number of hydrogen-bond donors (Lipinski definition) is 2. The normalized spacial score (nSPS) is 10.8. The number of likely N-dealkylation sites (N-methyl/N-ethyl adjacent to an activating group) is 1. The number of aryl methyl sites for hydroxylation is 1. The van der Waals surface area contributed by atoms with Gasteiger partial charge in [0.2, 0.25) is 0 Å². The van der Waals surface area contributed by atoms with E-state index in [-0.39, 0.29) is 0 Å². The largest absolute Gasteiger partial charge is 0.397 e. The first-order valence-corrected chi connectivity index (χ1v) is 5.85. The second kappa shape index (κ2) is 6.33. The molecule has 0 aromatic carbocycles. The third kappa shape index (κ3) is 3.70. The number of hydrogen-bond acceptors (Lipinski definition) is 4. The molecule has 16 heavy (non-hydrogen) atoms. The molecule has 0 aliphatic rings. The van der Waals surface area contributed by atoms with Crippen LogP contribution in [-0.2, 0) is 0 Å². The van der Waals surface area contributed by atoms with E-state index < -0.39 is 0 Å². The van der Waals surface area contributed by atoms with Gasteiger partial charge in [0, 0.05) is 13.1 Å². The van der Waals surface area contributed by atoms with Gasteiger partial charge in [0.1, 0.15) is 5.82 Å². The first-order chi connectivity index (χ1) is 7.67. The van der Waals surface area contributed by atoms with E-state index in [1.807, 2.05) is 13.0 Å². The summed E-state index contributed by atoms with van der Waals surface area (Å²) in [5.74, 6) is 0.902. The minimum atomic E-state index is 0.745. The van der Waals surface area contributed by atoms with Crippen molar-refractivity contribution in [3.63, 3.8) is 0 Å². The first kappa shape index (κ1) is 12.8. The summed E-state index contributed by atoms with van der Waals surface area (Å²) in [7, 11) is 0. The van der Waals surface area contributed by atoms with E-state index in [4.69, 9.17) is 5.73 Å². The predicted molar refractivity (Wildman–Crippen MR) is 69.7 cm³/mol. The first-order valence-electron chi connectivity index (χ1n) is 5.85. The molecule has 0 saturated carbocycles. The molecule has 90 valence electrons. The number of nitrogens with one attached hydrogen (secondary N) is 1. The molecule has 0 spiro atoms. The number of nitrogens with zero attached hydrogens (tertiary/aromatic N) is 2. The van der Waals surface area contributed by atoms with Crippen molar-refractivity contribution in [1.29, 1.82) is 0 Å². The summed E-state index contributed by atoms with van der Waals surface area (Å²) >= 11 is 0. The number of pyridine rings is 1. The number of rotatable bonds is 6. The van der Waals surface area contributed by atoms with Gasteiger partial charge in [-0.3, -0.25) is 0 Å². The Hall–Kier alpha value is -1.29. The third-order valence-electron chi connectivity index (χ3n) is 2.78. The standard InChI is InChI=1S/C12H22N4/c1-4-16(5-2)7-6-14-12-8-10(3)11(13)9-15-12/h8-9H,4-7,13H2,1-3H3,(H,14,15). The molecule has 1 rings (SSSR count). The zero-order chi connectivity index (χ0) is 12.0. The fraction of sp³-hybridized carbons (Fsp3) is 0.583. The molecule has 0 aliphatic heterocycles. The molecule has 0 atom stereocenters. The van der Waals surface area contributed by atoms with Crippen LogP contribution in [0.15, 0.2) is 12.3 Å². The number of aromatic nitrogens is 1. The van der Waals surface area contributed by atoms with Gasteiger partial charge in [-0.1, -0.05) is 13.8 Å². The Bertz CT molecular complexity index is 321. The van der Waals surface area contributed by atoms with E-state index in [0.717, 1.165) is 43.2 Å². The highest BCUT2D eigenvalue weighted by atomic mass is 15.1. The van der Waals surface area contributed by atoms with Crippen molar-refractivity contribution >= 4 is 11.5 Å². The molecular formula is C12H22N4. The molecule has 0 aliphatic carbocycles. The van der Waals surface area contributed by atoms with Crippen molar-refractivity contribution in [2.24, 2.45) is 0 Å². The van der Waals surface area contributed by atoms with Crippen LogP contribution in [-0.4, -0.2) is 36.1 Å². The van der Waals surface area contributed by atoms with E-state index in [0.29, 0.717) is 0 Å². The Balaban J connectivity index is 2.40. The minimum Gasteiger partial charge on any atom is -0.397 e. The summed E-state index contributed by atoms with van der Waals surface area (Å²) in [5.41, 5.74) is 7.52. The second-order valence-electron chi connectivity index (χ2n) is 3.88. The maximum atomic E-state index is 5.71. The third-order valence-corrected chi connectivity index (χ3v) is 2.78. The molecule has 0 radical (unpaired) electrons. The lowest BCUT2D eigenvalue weighted by atomic mass is 10.2. The maximum absolute atomic E-state index is 5.71. The fourth-order valence-corrected chi connectivity index (χ4v) is 1.55. The van der Waals surface area contributed by atoms with Crippen molar-refractivity contribution in [3.8, 4) is 0 Å². The Labute approximate surface area is 97.9 Å². The lowest BCUT2D eigenvalue weighted by molar-refractivity contribution is 0.316. The summed E-state index contributed by atoms with van der Waals surface area (Å²) in [4.78, 5) is 6.61. The van der Waals surface area contributed by atoms with Crippen LogP contribution in [0.3, 0.4) is 0 Å². The number of nitrogens with two attached hydrogens (primary N) is 1. The van der Waals surface area contributed by atoms with Crippen molar-refractivity contribution in [3.05, 3.63) is 17.8 Å². The quantitative estimate of drug-likeness (QED) is 0.769. The summed E-state index contributed by atoms with van der Waals surface area (Å²) in [6, 6.07) is 1.98. The van der Waals surface area contributed by atoms with Crippen LogP contribution in [0.1, 0.15) is 19.4 Å². The van der Waals surface area contributed by atoms with Crippen LogP contribution >= 0.6 is 0 Å². The summed E-state index contributed by atoms with van der Waals surface area (Å²) in [5, 5.41) is 3.30. The van der Waals surface area contributed by atoms with Crippen LogP contribution in [0.4, 0.5) is 11.5 Å². The van der Waals surface area contributed by atoms with Crippen LogP contribution in [0, 0.1) is 6.92 Å². The molecule has 1 aromatic heterocycles. The van der Waals surface area contributed by atoms with Gasteiger partial charge >= 0.3 is 0 Å². The Morgan fingerprint density at radius 2 is 2.06 bits per heavy atom. The highest BCUT2D eigenvalue weighted by Gasteiger charge is 2.00. The average molecular weight is 222 g/mol. The van der Waals surface area contributed by atoms with Gasteiger partial charge in [-0.05, 0) is 31.6 Å². The zero-order valence-electron chi connectivity index (χ0n) is 10.5. The van der Waals surface area contributed by atoms with E-state index in [1.54, 1.807) is 6.20 Å². The van der Waals surface area contributed by atoms with E-state index in [9.17, 15) is 0 Å².